The fraction of sp³-hybridized carbons (Fsp3) is 0.200. The van der Waals surface area contributed by atoms with E-state index in [9.17, 15) is 0 Å². The molecule has 0 fully saturated rings. The molecule has 0 amide bonds. The smallest absolute Gasteiger partial charge is 0.256 e. The third-order valence-corrected chi connectivity index (χ3v) is 1.17. The van der Waals surface area contributed by atoms with Gasteiger partial charge in [0.1, 0.15) is 0 Å². The van der Waals surface area contributed by atoms with Crippen LogP contribution in [0.4, 0.5) is 0 Å². The van der Waals surface area contributed by atoms with E-state index in [-0.39, 0.29) is 23.1 Å². The zero-order valence-corrected chi connectivity index (χ0v) is 8.00. The molecule has 0 aromatic carbocycles. The summed E-state index contributed by atoms with van der Waals surface area (Å²) in [6.45, 7) is 0. The average molecular weight is 154 g/mol. The van der Waals surface area contributed by atoms with Crippen molar-refractivity contribution in [2.24, 2.45) is 0 Å². The van der Waals surface area contributed by atoms with Crippen LogP contribution in [0.3, 0.4) is 0 Å². The molecule has 0 spiro atoms. The van der Waals surface area contributed by atoms with Crippen LogP contribution in [0.25, 0.3) is 0 Å². The predicted octanol–water partition coefficient (Wildman–Crippen LogP) is 2.23. The van der Waals surface area contributed by atoms with Crippen molar-refractivity contribution in [2.75, 3.05) is 0 Å². The zero-order chi connectivity index (χ0) is 7.07. The SMILES string of the molecule is [C-]1=CCC=C1.[C-]1=CCC=C1.[Mg+2]. The molecule has 0 nitrogen and oxygen atoms in total. The standard InChI is InChI=1S/2C5H5.Mg/c2*1-2-4-5-3-1;/h2*1-2,5H,3H2;/q2*-1;+2. The second-order valence-corrected chi connectivity index (χ2v) is 2.02. The van der Waals surface area contributed by atoms with Gasteiger partial charge in [-0.05, 0) is 0 Å². The first-order valence-electron chi connectivity index (χ1n) is 3.45. The second kappa shape index (κ2) is 7.83. The van der Waals surface area contributed by atoms with E-state index in [1.165, 1.54) is 0 Å². The minimum atomic E-state index is 0. The van der Waals surface area contributed by atoms with Gasteiger partial charge >= 0.3 is 23.1 Å². The van der Waals surface area contributed by atoms with Gasteiger partial charge in [0.2, 0.25) is 0 Å². The Morgan fingerprint density at radius 3 is 1.36 bits per heavy atom. The minimum absolute atomic E-state index is 0. The first-order valence-corrected chi connectivity index (χ1v) is 3.45. The summed E-state index contributed by atoms with van der Waals surface area (Å²) in [7, 11) is 0. The van der Waals surface area contributed by atoms with Crippen molar-refractivity contribution in [3.8, 4) is 0 Å². The molecule has 0 bridgehead atoms. The summed E-state index contributed by atoms with van der Waals surface area (Å²) in [5.74, 6) is 0. The molecule has 0 aliphatic heterocycles. The molecule has 0 aromatic rings. The van der Waals surface area contributed by atoms with Crippen molar-refractivity contribution in [1.82, 2.24) is 0 Å². The van der Waals surface area contributed by atoms with Gasteiger partial charge in [0.15, 0.2) is 0 Å². The molecular formula is C10H10Mg. The number of hydrogen-bond donors (Lipinski definition) is 0. The van der Waals surface area contributed by atoms with Crippen LogP contribution in [0.1, 0.15) is 12.8 Å². The molecule has 0 saturated carbocycles. The average Bonchev–Trinajstić information content (AvgIpc) is 2.67. The van der Waals surface area contributed by atoms with Gasteiger partial charge in [0.05, 0.1) is 0 Å². The summed E-state index contributed by atoms with van der Waals surface area (Å²) < 4.78 is 0. The zero-order valence-electron chi connectivity index (χ0n) is 6.59. The predicted molar refractivity (Wildman–Crippen MR) is 48.9 cm³/mol. The number of rotatable bonds is 0. The van der Waals surface area contributed by atoms with E-state index in [4.69, 9.17) is 0 Å². The summed E-state index contributed by atoms with van der Waals surface area (Å²) in [6, 6.07) is 0. The van der Waals surface area contributed by atoms with Crippen molar-refractivity contribution in [3.63, 3.8) is 0 Å². The topological polar surface area (TPSA) is 0 Å². The minimum Gasteiger partial charge on any atom is -0.256 e. The Morgan fingerprint density at radius 2 is 1.27 bits per heavy atom. The molecule has 2 aliphatic rings. The molecule has 0 saturated heterocycles. The van der Waals surface area contributed by atoms with E-state index < -0.39 is 0 Å². The fourth-order valence-corrected chi connectivity index (χ4v) is 0.680. The normalized spacial score (nSPS) is 16.0. The van der Waals surface area contributed by atoms with Crippen LogP contribution < -0.4 is 0 Å². The molecule has 0 unspecified atom stereocenters. The summed E-state index contributed by atoms with van der Waals surface area (Å²) >= 11 is 0. The van der Waals surface area contributed by atoms with Crippen LogP contribution >= 0.6 is 0 Å². The Hall–Kier alpha value is -0.274. The molecule has 2 rings (SSSR count). The first kappa shape index (κ1) is 10.7. The van der Waals surface area contributed by atoms with Crippen molar-refractivity contribution >= 4 is 23.1 Å². The van der Waals surface area contributed by atoms with Crippen LogP contribution in [0.15, 0.2) is 36.5 Å². The van der Waals surface area contributed by atoms with Crippen molar-refractivity contribution in [1.29, 1.82) is 0 Å². The van der Waals surface area contributed by atoms with Gasteiger partial charge in [-0.25, -0.2) is 24.3 Å². The summed E-state index contributed by atoms with van der Waals surface area (Å²) in [4.78, 5) is 0. The van der Waals surface area contributed by atoms with Gasteiger partial charge in [-0.1, -0.05) is 0 Å². The molecule has 1 heteroatoms. The third-order valence-electron chi connectivity index (χ3n) is 1.17. The Labute approximate surface area is 84.5 Å². The Bertz CT molecular complexity index is 143. The third kappa shape index (κ3) is 6.14. The summed E-state index contributed by atoms with van der Waals surface area (Å²) in [5, 5.41) is 0. The Morgan fingerprint density at radius 1 is 0.818 bits per heavy atom. The Kier molecular flexibility index (Phi) is 7.63. The second-order valence-electron chi connectivity index (χ2n) is 2.02. The molecular weight excluding hydrogens is 144 g/mol. The van der Waals surface area contributed by atoms with Crippen LogP contribution in [0.2, 0.25) is 0 Å². The molecule has 2 aliphatic carbocycles. The number of hydrogen-bond acceptors (Lipinski definition) is 0. The van der Waals surface area contributed by atoms with Crippen LogP contribution in [0, 0.1) is 12.2 Å². The van der Waals surface area contributed by atoms with E-state index in [1.54, 1.807) is 0 Å². The molecule has 52 valence electrons. The molecule has 0 N–H and O–H groups in total. The van der Waals surface area contributed by atoms with E-state index >= 15 is 0 Å². The molecule has 0 atom stereocenters. The molecule has 0 aromatic heterocycles. The van der Waals surface area contributed by atoms with Crippen LogP contribution in [0.5, 0.6) is 0 Å². The largest absolute Gasteiger partial charge is 2.00 e. The van der Waals surface area contributed by atoms with Gasteiger partial charge in [-0.3, -0.25) is 12.2 Å². The summed E-state index contributed by atoms with van der Waals surface area (Å²) in [5.41, 5.74) is 0. The monoisotopic (exact) mass is 154 g/mol. The van der Waals surface area contributed by atoms with E-state index in [0.29, 0.717) is 0 Å². The molecule has 0 heterocycles. The van der Waals surface area contributed by atoms with Crippen LogP contribution in [-0.4, -0.2) is 23.1 Å². The first-order chi connectivity index (χ1) is 5.00. The van der Waals surface area contributed by atoms with Crippen molar-refractivity contribution in [2.45, 2.75) is 12.8 Å². The maximum atomic E-state index is 2.92. The quantitative estimate of drug-likeness (QED) is 0.371. The van der Waals surface area contributed by atoms with E-state index in [1.807, 2.05) is 24.3 Å². The van der Waals surface area contributed by atoms with Crippen LogP contribution in [-0.2, 0) is 0 Å². The van der Waals surface area contributed by atoms with Crippen molar-refractivity contribution < 1.29 is 0 Å². The fourth-order valence-electron chi connectivity index (χ4n) is 0.680. The van der Waals surface area contributed by atoms with E-state index in [2.05, 4.69) is 24.3 Å². The van der Waals surface area contributed by atoms with Gasteiger partial charge in [0, 0.05) is 0 Å². The maximum Gasteiger partial charge on any atom is 2.00 e. The molecule has 11 heavy (non-hydrogen) atoms. The van der Waals surface area contributed by atoms with Gasteiger partial charge in [-0.2, -0.15) is 12.2 Å². The van der Waals surface area contributed by atoms with Crippen molar-refractivity contribution in [3.05, 3.63) is 48.6 Å². The number of allylic oxidation sites excluding steroid dienone is 8. The van der Waals surface area contributed by atoms with Gasteiger partial charge < -0.3 is 0 Å². The van der Waals surface area contributed by atoms with E-state index in [0.717, 1.165) is 12.8 Å². The molecule has 0 radical (unpaired) electrons. The summed E-state index contributed by atoms with van der Waals surface area (Å²) in [6.07, 6.45) is 20.0. The van der Waals surface area contributed by atoms with Gasteiger partial charge in [0.25, 0.3) is 0 Å². The Balaban J connectivity index is 0.000000167. The van der Waals surface area contributed by atoms with Gasteiger partial charge in [-0.15, -0.1) is 12.8 Å². The maximum absolute atomic E-state index is 2.92.